The molecular weight excluding hydrogens is 348 g/mol. The molecule has 1 amide bonds. The molecule has 3 N–H and O–H groups in total. The van der Waals surface area contributed by atoms with Crippen LogP contribution < -0.4 is 11.1 Å². The molecule has 21 heavy (non-hydrogen) atoms. The molecular formula is C16H13BrN2OS. The fourth-order valence-electron chi connectivity index (χ4n) is 2.27. The molecule has 2 aromatic carbocycles. The number of nitrogens with one attached hydrogen (secondary N) is 1. The largest absolute Gasteiger partial charge is 0.397 e. The smallest absolute Gasteiger partial charge is 0.257 e. The molecule has 0 spiro atoms. The normalized spacial score (nSPS) is 10.8. The lowest BCUT2D eigenvalue weighted by molar-refractivity contribution is 0.102. The van der Waals surface area contributed by atoms with Crippen LogP contribution in [0.25, 0.3) is 10.1 Å². The van der Waals surface area contributed by atoms with E-state index < -0.39 is 0 Å². The first kappa shape index (κ1) is 14.1. The van der Waals surface area contributed by atoms with E-state index >= 15 is 0 Å². The standard InChI is InChI=1S/C16H13BrN2OS/c1-9-6-10(17)7-13(18)15(9)19-16(20)12-8-21-14-5-3-2-4-11(12)14/h2-8H,18H2,1H3,(H,19,20). The Morgan fingerprint density at radius 1 is 1.29 bits per heavy atom. The average molecular weight is 361 g/mol. The monoisotopic (exact) mass is 360 g/mol. The van der Waals surface area contributed by atoms with E-state index in [0.717, 1.165) is 20.1 Å². The summed E-state index contributed by atoms with van der Waals surface area (Å²) in [6.45, 7) is 1.92. The van der Waals surface area contributed by atoms with Crippen molar-refractivity contribution in [1.29, 1.82) is 0 Å². The van der Waals surface area contributed by atoms with Crippen LogP contribution in [0.4, 0.5) is 11.4 Å². The second-order valence-corrected chi connectivity index (χ2v) is 6.61. The van der Waals surface area contributed by atoms with Crippen molar-refractivity contribution >= 4 is 54.6 Å². The minimum absolute atomic E-state index is 0.135. The number of amides is 1. The van der Waals surface area contributed by atoms with Gasteiger partial charge < -0.3 is 11.1 Å². The highest BCUT2D eigenvalue weighted by molar-refractivity contribution is 9.10. The molecule has 0 aliphatic carbocycles. The molecule has 0 aliphatic heterocycles. The summed E-state index contributed by atoms with van der Waals surface area (Å²) in [5.41, 5.74) is 8.81. The molecule has 0 fully saturated rings. The number of nitrogens with two attached hydrogens (primary N) is 1. The minimum Gasteiger partial charge on any atom is -0.397 e. The van der Waals surface area contributed by atoms with Gasteiger partial charge in [0.05, 0.1) is 16.9 Å². The maximum atomic E-state index is 12.5. The minimum atomic E-state index is -0.135. The van der Waals surface area contributed by atoms with Gasteiger partial charge in [0.1, 0.15) is 0 Å². The van der Waals surface area contributed by atoms with E-state index in [1.165, 1.54) is 0 Å². The fraction of sp³-hybridized carbons (Fsp3) is 0.0625. The number of aryl methyl sites for hydroxylation is 1. The molecule has 0 bridgehead atoms. The number of halogens is 1. The Balaban J connectivity index is 1.97. The summed E-state index contributed by atoms with van der Waals surface area (Å²) in [5.74, 6) is -0.135. The van der Waals surface area contributed by atoms with Crippen molar-refractivity contribution in [1.82, 2.24) is 0 Å². The highest BCUT2D eigenvalue weighted by Gasteiger charge is 2.14. The molecule has 1 aromatic heterocycles. The Labute approximate surface area is 134 Å². The van der Waals surface area contributed by atoms with Crippen LogP contribution in [0.15, 0.2) is 46.3 Å². The van der Waals surface area contributed by atoms with Crippen molar-refractivity contribution in [3.05, 3.63) is 57.4 Å². The Kier molecular flexibility index (Phi) is 3.69. The van der Waals surface area contributed by atoms with Gasteiger partial charge in [-0.05, 0) is 30.7 Å². The zero-order valence-electron chi connectivity index (χ0n) is 11.3. The maximum Gasteiger partial charge on any atom is 0.257 e. The number of rotatable bonds is 2. The Bertz CT molecular complexity index is 818. The number of fused-ring (bicyclic) bond motifs is 1. The van der Waals surface area contributed by atoms with E-state index in [4.69, 9.17) is 5.73 Å². The number of thiophene rings is 1. The summed E-state index contributed by atoms with van der Waals surface area (Å²) in [6.07, 6.45) is 0. The lowest BCUT2D eigenvalue weighted by Gasteiger charge is -2.11. The van der Waals surface area contributed by atoms with E-state index in [1.807, 2.05) is 42.6 Å². The van der Waals surface area contributed by atoms with Gasteiger partial charge in [-0.2, -0.15) is 0 Å². The summed E-state index contributed by atoms with van der Waals surface area (Å²) >= 11 is 4.96. The molecule has 106 valence electrons. The number of carbonyl (C=O) groups is 1. The van der Waals surface area contributed by atoms with Gasteiger partial charge in [-0.15, -0.1) is 11.3 Å². The van der Waals surface area contributed by atoms with Crippen LogP contribution in [0, 0.1) is 6.92 Å². The van der Waals surface area contributed by atoms with Gasteiger partial charge in [-0.25, -0.2) is 0 Å². The van der Waals surface area contributed by atoms with Crippen molar-refractivity contribution in [2.75, 3.05) is 11.1 Å². The van der Waals surface area contributed by atoms with E-state index in [-0.39, 0.29) is 5.91 Å². The molecule has 0 saturated heterocycles. The SMILES string of the molecule is Cc1cc(Br)cc(N)c1NC(=O)c1csc2ccccc12. The molecule has 3 aromatic rings. The number of benzene rings is 2. The summed E-state index contributed by atoms with van der Waals surface area (Å²) in [7, 11) is 0. The van der Waals surface area contributed by atoms with Crippen LogP contribution in [-0.2, 0) is 0 Å². The first-order chi connectivity index (χ1) is 10.1. The summed E-state index contributed by atoms with van der Waals surface area (Å²) < 4.78 is 2.00. The Morgan fingerprint density at radius 2 is 2.05 bits per heavy atom. The third kappa shape index (κ3) is 2.66. The van der Waals surface area contributed by atoms with Crippen LogP contribution in [-0.4, -0.2) is 5.91 Å². The zero-order chi connectivity index (χ0) is 15.0. The lowest BCUT2D eigenvalue weighted by atomic mass is 10.1. The van der Waals surface area contributed by atoms with Gasteiger partial charge in [0.2, 0.25) is 0 Å². The van der Waals surface area contributed by atoms with Gasteiger partial charge >= 0.3 is 0 Å². The number of anilines is 2. The summed E-state index contributed by atoms with van der Waals surface area (Å²) in [6, 6.07) is 11.6. The molecule has 3 nitrogen and oxygen atoms in total. The molecule has 3 rings (SSSR count). The number of nitrogen functional groups attached to an aromatic ring is 1. The van der Waals surface area contributed by atoms with Crippen LogP contribution in [0.1, 0.15) is 15.9 Å². The van der Waals surface area contributed by atoms with Crippen molar-refractivity contribution in [3.63, 3.8) is 0 Å². The van der Waals surface area contributed by atoms with E-state index in [9.17, 15) is 4.79 Å². The fourth-order valence-corrected chi connectivity index (χ4v) is 3.81. The highest BCUT2D eigenvalue weighted by Crippen LogP contribution is 2.30. The Hall–Kier alpha value is -1.85. The van der Waals surface area contributed by atoms with Gasteiger partial charge in [-0.1, -0.05) is 34.1 Å². The highest BCUT2D eigenvalue weighted by atomic mass is 79.9. The van der Waals surface area contributed by atoms with Crippen LogP contribution >= 0.6 is 27.3 Å². The third-order valence-corrected chi connectivity index (χ3v) is 4.72. The number of carbonyl (C=O) groups excluding carboxylic acids is 1. The quantitative estimate of drug-likeness (QED) is 0.644. The van der Waals surface area contributed by atoms with Crippen molar-refractivity contribution in [2.24, 2.45) is 0 Å². The topological polar surface area (TPSA) is 55.1 Å². The molecule has 0 saturated carbocycles. The van der Waals surface area contributed by atoms with Gasteiger partial charge in [0.25, 0.3) is 5.91 Å². The molecule has 0 atom stereocenters. The molecule has 0 radical (unpaired) electrons. The zero-order valence-corrected chi connectivity index (χ0v) is 13.7. The second kappa shape index (κ2) is 5.50. The predicted molar refractivity (Wildman–Crippen MR) is 93.1 cm³/mol. The average Bonchev–Trinajstić information content (AvgIpc) is 2.86. The van der Waals surface area contributed by atoms with E-state index in [0.29, 0.717) is 16.9 Å². The lowest BCUT2D eigenvalue weighted by Crippen LogP contribution is -2.13. The third-order valence-electron chi connectivity index (χ3n) is 3.29. The first-order valence-electron chi connectivity index (χ1n) is 6.39. The molecule has 0 unspecified atom stereocenters. The van der Waals surface area contributed by atoms with Crippen molar-refractivity contribution in [3.8, 4) is 0 Å². The Morgan fingerprint density at radius 3 is 2.81 bits per heavy atom. The van der Waals surface area contributed by atoms with Gasteiger partial charge in [0.15, 0.2) is 0 Å². The molecule has 1 heterocycles. The van der Waals surface area contributed by atoms with E-state index in [1.54, 1.807) is 17.4 Å². The van der Waals surface area contributed by atoms with Crippen molar-refractivity contribution < 1.29 is 4.79 Å². The van der Waals surface area contributed by atoms with Gasteiger partial charge in [-0.3, -0.25) is 4.79 Å². The van der Waals surface area contributed by atoms with Crippen molar-refractivity contribution in [2.45, 2.75) is 6.92 Å². The molecule has 5 heteroatoms. The van der Waals surface area contributed by atoms with E-state index in [2.05, 4.69) is 21.2 Å². The summed E-state index contributed by atoms with van der Waals surface area (Å²) in [4.78, 5) is 12.5. The van der Waals surface area contributed by atoms with Crippen LogP contribution in [0.2, 0.25) is 0 Å². The first-order valence-corrected chi connectivity index (χ1v) is 8.06. The molecule has 0 aliphatic rings. The van der Waals surface area contributed by atoms with Crippen LogP contribution in [0.3, 0.4) is 0 Å². The maximum absolute atomic E-state index is 12.5. The summed E-state index contributed by atoms with van der Waals surface area (Å²) in [5, 5.41) is 5.77. The number of hydrogen-bond acceptors (Lipinski definition) is 3. The number of hydrogen-bond donors (Lipinski definition) is 2. The van der Waals surface area contributed by atoms with Gasteiger partial charge in [0, 0.05) is 19.9 Å². The van der Waals surface area contributed by atoms with Crippen LogP contribution in [0.5, 0.6) is 0 Å². The predicted octanol–water partition coefficient (Wildman–Crippen LogP) is 4.81. The second-order valence-electron chi connectivity index (χ2n) is 4.79.